The Morgan fingerprint density at radius 2 is 1.90 bits per heavy atom. The van der Waals surface area contributed by atoms with Crippen LogP contribution >= 0.6 is 27.5 Å². The van der Waals surface area contributed by atoms with Gasteiger partial charge in [0, 0.05) is 28.3 Å². The molecule has 2 aromatic rings. The van der Waals surface area contributed by atoms with E-state index in [0.717, 1.165) is 5.69 Å². The highest BCUT2D eigenvalue weighted by atomic mass is 79.9. The van der Waals surface area contributed by atoms with Crippen LogP contribution in [0.4, 0.5) is 5.69 Å². The number of halogens is 2. The van der Waals surface area contributed by atoms with Gasteiger partial charge in [-0.3, -0.25) is 4.79 Å². The maximum Gasteiger partial charge on any atom is 0.259 e. The summed E-state index contributed by atoms with van der Waals surface area (Å²) in [6, 6.07) is 14.6. The van der Waals surface area contributed by atoms with Gasteiger partial charge in [0.2, 0.25) is 0 Å². The van der Waals surface area contributed by atoms with Crippen molar-refractivity contribution in [2.75, 3.05) is 18.0 Å². The molecule has 0 aliphatic carbocycles. The zero-order chi connectivity index (χ0) is 14.5. The summed E-state index contributed by atoms with van der Waals surface area (Å²) in [6.45, 7) is 0.834. The van der Waals surface area contributed by atoms with Gasteiger partial charge in [0.15, 0.2) is 0 Å². The Labute approximate surface area is 131 Å². The normalized spacial score (nSPS) is 10.3. The van der Waals surface area contributed by atoms with Gasteiger partial charge >= 0.3 is 0 Å². The molecule has 0 aliphatic heterocycles. The van der Waals surface area contributed by atoms with E-state index in [2.05, 4.69) is 15.9 Å². The Hall–Kier alpha value is -1.36. The number of para-hydroxylation sites is 1. The predicted octanol–water partition coefficient (Wildman–Crippen LogP) is 3.71. The van der Waals surface area contributed by atoms with Crippen LogP contribution in [0.2, 0.25) is 5.02 Å². The molecule has 0 aromatic heterocycles. The van der Waals surface area contributed by atoms with Crippen molar-refractivity contribution in [3.63, 3.8) is 0 Å². The van der Waals surface area contributed by atoms with Gasteiger partial charge in [0.25, 0.3) is 5.91 Å². The molecule has 20 heavy (non-hydrogen) atoms. The predicted molar refractivity (Wildman–Crippen MR) is 86.3 cm³/mol. The minimum absolute atomic E-state index is 0.129. The van der Waals surface area contributed by atoms with E-state index in [1.807, 2.05) is 30.3 Å². The number of hydrogen-bond acceptors (Lipinski definition) is 2. The number of benzene rings is 2. The van der Waals surface area contributed by atoms with Gasteiger partial charge in [0.1, 0.15) is 0 Å². The molecule has 0 atom stereocenters. The molecule has 0 bridgehead atoms. The van der Waals surface area contributed by atoms with Crippen LogP contribution in [0.5, 0.6) is 0 Å². The zero-order valence-electron chi connectivity index (χ0n) is 10.7. The number of rotatable bonds is 4. The standard InChI is InChI=1S/C15H14BrClN2O/c16-14-7-6-11(17)10-13(14)15(20)19(9-8-18)12-4-2-1-3-5-12/h1-7,10H,8-9,18H2. The lowest BCUT2D eigenvalue weighted by molar-refractivity contribution is 0.0987. The first-order chi connectivity index (χ1) is 9.63. The average Bonchev–Trinajstić information content (AvgIpc) is 2.47. The average molecular weight is 354 g/mol. The first kappa shape index (κ1) is 15.0. The second kappa shape index (κ2) is 6.88. The summed E-state index contributed by atoms with van der Waals surface area (Å²) in [5.41, 5.74) is 6.96. The molecule has 3 nitrogen and oxygen atoms in total. The minimum Gasteiger partial charge on any atom is -0.329 e. The SMILES string of the molecule is NCCN(C(=O)c1cc(Cl)ccc1Br)c1ccccc1. The van der Waals surface area contributed by atoms with E-state index in [4.69, 9.17) is 17.3 Å². The highest BCUT2D eigenvalue weighted by molar-refractivity contribution is 9.10. The van der Waals surface area contributed by atoms with Crippen molar-refractivity contribution in [3.05, 3.63) is 63.6 Å². The van der Waals surface area contributed by atoms with Crippen LogP contribution in [-0.4, -0.2) is 19.0 Å². The first-order valence-corrected chi connectivity index (χ1v) is 7.32. The Morgan fingerprint density at radius 3 is 2.55 bits per heavy atom. The molecule has 0 heterocycles. The molecule has 0 saturated carbocycles. The monoisotopic (exact) mass is 352 g/mol. The third kappa shape index (κ3) is 3.39. The summed E-state index contributed by atoms with van der Waals surface area (Å²) in [6.07, 6.45) is 0. The number of carbonyl (C=O) groups excluding carboxylic acids is 1. The maximum absolute atomic E-state index is 12.7. The molecule has 0 aliphatic rings. The van der Waals surface area contributed by atoms with Crippen LogP contribution in [0.3, 0.4) is 0 Å². The first-order valence-electron chi connectivity index (χ1n) is 6.15. The van der Waals surface area contributed by atoms with E-state index in [-0.39, 0.29) is 5.91 Å². The van der Waals surface area contributed by atoms with E-state index in [0.29, 0.717) is 28.1 Å². The number of nitrogens with two attached hydrogens (primary N) is 1. The Kier molecular flexibility index (Phi) is 5.17. The van der Waals surface area contributed by atoms with Gasteiger partial charge in [-0.1, -0.05) is 29.8 Å². The Morgan fingerprint density at radius 1 is 1.20 bits per heavy atom. The van der Waals surface area contributed by atoms with Crippen molar-refractivity contribution >= 4 is 39.1 Å². The smallest absolute Gasteiger partial charge is 0.259 e. The van der Waals surface area contributed by atoms with Crippen molar-refractivity contribution in [2.45, 2.75) is 0 Å². The molecule has 5 heteroatoms. The lowest BCUT2D eigenvalue weighted by atomic mass is 10.1. The van der Waals surface area contributed by atoms with Gasteiger partial charge in [-0.2, -0.15) is 0 Å². The third-order valence-electron chi connectivity index (χ3n) is 2.82. The fourth-order valence-electron chi connectivity index (χ4n) is 1.89. The number of nitrogens with zero attached hydrogens (tertiary/aromatic N) is 1. The molecule has 1 amide bonds. The lowest BCUT2D eigenvalue weighted by Crippen LogP contribution is -2.35. The summed E-state index contributed by atoms with van der Waals surface area (Å²) in [5, 5.41) is 0.525. The van der Waals surface area contributed by atoms with E-state index in [9.17, 15) is 4.79 Å². The molecular weight excluding hydrogens is 340 g/mol. The fourth-order valence-corrected chi connectivity index (χ4v) is 2.48. The third-order valence-corrected chi connectivity index (χ3v) is 3.75. The maximum atomic E-state index is 12.7. The van der Waals surface area contributed by atoms with Gasteiger partial charge in [-0.05, 0) is 46.3 Å². The summed E-state index contributed by atoms with van der Waals surface area (Å²) in [4.78, 5) is 14.3. The molecule has 0 radical (unpaired) electrons. The highest BCUT2D eigenvalue weighted by Gasteiger charge is 2.19. The van der Waals surface area contributed by atoms with Crippen LogP contribution in [0.25, 0.3) is 0 Å². The summed E-state index contributed by atoms with van der Waals surface area (Å²) in [5.74, 6) is -0.129. The summed E-state index contributed by atoms with van der Waals surface area (Å²) >= 11 is 9.36. The van der Waals surface area contributed by atoms with Gasteiger partial charge < -0.3 is 10.6 Å². The molecule has 0 unspecified atom stereocenters. The zero-order valence-corrected chi connectivity index (χ0v) is 13.1. The second-order valence-electron chi connectivity index (χ2n) is 4.21. The second-order valence-corrected chi connectivity index (χ2v) is 5.50. The fraction of sp³-hybridized carbons (Fsp3) is 0.133. The molecule has 2 N–H and O–H groups in total. The van der Waals surface area contributed by atoms with Crippen LogP contribution < -0.4 is 10.6 Å². The van der Waals surface area contributed by atoms with E-state index < -0.39 is 0 Å². The quantitative estimate of drug-likeness (QED) is 0.911. The number of carbonyl (C=O) groups is 1. The molecule has 0 saturated heterocycles. The molecule has 104 valence electrons. The van der Waals surface area contributed by atoms with Crippen molar-refractivity contribution in [1.82, 2.24) is 0 Å². The lowest BCUT2D eigenvalue weighted by Gasteiger charge is -2.22. The minimum atomic E-state index is -0.129. The van der Waals surface area contributed by atoms with E-state index >= 15 is 0 Å². The molecule has 0 spiro atoms. The van der Waals surface area contributed by atoms with Gasteiger partial charge in [0.05, 0.1) is 5.56 Å². The summed E-state index contributed by atoms with van der Waals surface area (Å²) < 4.78 is 0.713. The van der Waals surface area contributed by atoms with E-state index in [1.54, 1.807) is 23.1 Å². The largest absolute Gasteiger partial charge is 0.329 e. The van der Waals surface area contributed by atoms with Crippen molar-refractivity contribution in [2.24, 2.45) is 5.73 Å². The van der Waals surface area contributed by atoms with Crippen LogP contribution in [0, 0.1) is 0 Å². The molecule has 2 rings (SSSR count). The number of anilines is 1. The molecule has 2 aromatic carbocycles. The van der Waals surface area contributed by atoms with Crippen LogP contribution in [0.15, 0.2) is 53.0 Å². The van der Waals surface area contributed by atoms with Crippen LogP contribution in [0.1, 0.15) is 10.4 Å². The number of hydrogen-bond donors (Lipinski definition) is 1. The summed E-state index contributed by atoms with van der Waals surface area (Å²) in [7, 11) is 0. The highest BCUT2D eigenvalue weighted by Crippen LogP contribution is 2.24. The topological polar surface area (TPSA) is 46.3 Å². The number of amides is 1. The van der Waals surface area contributed by atoms with Crippen molar-refractivity contribution in [1.29, 1.82) is 0 Å². The van der Waals surface area contributed by atoms with Crippen molar-refractivity contribution in [3.8, 4) is 0 Å². The van der Waals surface area contributed by atoms with Crippen molar-refractivity contribution < 1.29 is 4.79 Å². The molecule has 0 fully saturated rings. The van der Waals surface area contributed by atoms with Gasteiger partial charge in [-0.25, -0.2) is 0 Å². The molecular formula is C15H14BrClN2O. The Bertz CT molecular complexity index is 604. The Balaban J connectivity index is 2.39. The van der Waals surface area contributed by atoms with Gasteiger partial charge in [-0.15, -0.1) is 0 Å². The van der Waals surface area contributed by atoms with Crippen LogP contribution in [-0.2, 0) is 0 Å². The van der Waals surface area contributed by atoms with E-state index in [1.165, 1.54) is 0 Å².